The standard InChI is InChI=1S/C17H16ClN5O8S/c18-12-7-11(17(24)15(8-12)23(27)28)10-19-20-14-2-1-13(22(25)26)9-16(14)32(29,30)21-3-5-31-6-4-21/h1-2,7-10,20,24H,3-6H2/b19-10+. The maximum atomic E-state index is 13.1. The van der Waals surface area contributed by atoms with Gasteiger partial charge in [-0.25, -0.2) is 8.42 Å². The van der Waals surface area contributed by atoms with Crippen molar-refractivity contribution in [3.63, 3.8) is 0 Å². The number of morpholine rings is 1. The number of halogens is 1. The molecule has 1 aliphatic rings. The van der Waals surface area contributed by atoms with E-state index in [4.69, 9.17) is 16.3 Å². The summed E-state index contributed by atoms with van der Waals surface area (Å²) < 4.78 is 32.4. The number of non-ortho nitro benzene ring substituents is 1. The molecule has 1 heterocycles. The SMILES string of the molecule is O=[N+]([O-])c1ccc(N/N=C/c2cc(Cl)cc([N+](=O)[O-])c2O)c(S(=O)(=O)N2CCOCC2)c1. The summed E-state index contributed by atoms with van der Waals surface area (Å²) in [5.74, 6) is -0.685. The summed E-state index contributed by atoms with van der Waals surface area (Å²) in [6.45, 7) is 0.519. The number of anilines is 1. The van der Waals surface area contributed by atoms with Gasteiger partial charge in [0.1, 0.15) is 4.90 Å². The molecule has 0 bridgehead atoms. The van der Waals surface area contributed by atoms with E-state index >= 15 is 0 Å². The van der Waals surface area contributed by atoms with Gasteiger partial charge in [0.15, 0.2) is 0 Å². The highest BCUT2D eigenvalue weighted by Crippen LogP contribution is 2.33. The molecule has 0 radical (unpaired) electrons. The van der Waals surface area contributed by atoms with E-state index in [-0.39, 0.29) is 47.5 Å². The lowest BCUT2D eigenvalue weighted by Gasteiger charge is -2.26. The Morgan fingerprint density at radius 1 is 1.16 bits per heavy atom. The van der Waals surface area contributed by atoms with Crippen molar-refractivity contribution in [2.45, 2.75) is 4.90 Å². The molecule has 2 aromatic rings. The van der Waals surface area contributed by atoms with Crippen LogP contribution in [-0.4, -0.2) is 60.2 Å². The maximum absolute atomic E-state index is 13.1. The molecular weight excluding hydrogens is 470 g/mol. The minimum absolute atomic E-state index is 0.0260. The van der Waals surface area contributed by atoms with E-state index in [0.29, 0.717) is 0 Å². The zero-order valence-electron chi connectivity index (χ0n) is 16.2. The number of hydrazone groups is 1. The van der Waals surface area contributed by atoms with Crippen LogP contribution in [0, 0.1) is 20.2 Å². The second-order valence-corrected chi connectivity index (χ2v) is 8.79. The average molecular weight is 486 g/mol. The third-order valence-corrected chi connectivity index (χ3v) is 6.59. The summed E-state index contributed by atoms with van der Waals surface area (Å²) in [5.41, 5.74) is 1.21. The van der Waals surface area contributed by atoms with Crippen LogP contribution in [0.2, 0.25) is 5.02 Å². The summed E-state index contributed by atoms with van der Waals surface area (Å²) in [5, 5.41) is 36.0. The Kier molecular flexibility index (Phi) is 6.88. The number of phenols is 1. The number of aromatic hydroxyl groups is 1. The number of nitro benzene ring substituents is 2. The lowest BCUT2D eigenvalue weighted by Crippen LogP contribution is -2.40. The van der Waals surface area contributed by atoms with Gasteiger partial charge in [-0.3, -0.25) is 25.7 Å². The molecule has 1 fully saturated rings. The molecule has 1 saturated heterocycles. The molecule has 170 valence electrons. The number of hydrogen-bond acceptors (Lipinski definition) is 10. The van der Waals surface area contributed by atoms with E-state index in [1.54, 1.807) is 0 Å². The number of phenolic OH excluding ortho intramolecular Hbond substituents is 1. The van der Waals surface area contributed by atoms with Crippen LogP contribution in [0.4, 0.5) is 17.1 Å². The molecule has 13 nitrogen and oxygen atoms in total. The Labute approximate surface area is 186 Å². The normalized spacial score (nSPS) is 15.0. The molecule has 32 heavy (non-hydrogen) atoms. The number of nitrogens with zero attached hydrogens (tertiary/aromatic N) is 4. The van der Waals surface area contributed by atoms with E-state index in [2.05, 4.69) is 10.5 Å². The number of sulfonamides is 1. The number of rotatable bonds is 7. The second kappa shape index (κ2) is 9.44. The van der Waals surface area contributed by atoms with Crippen molar-refractivity contribution >= 4 is 44.9 Å². The molecule has 0 aliphatic carbocycles. The van der Waals surface area contributed by atoms with E-state index in [9.17, 15) is 33.8 Å². The van der Waals surface area contributed by atoms with Gasteiger partial charge in [-0.2, -0.15) is 9.41 Å². The van der Waals surface area contributed by atoms with Crippen molar-refractivity contribution in [3.8, 4) is 5.75 Å². The third-order valence-electron chi connectivity index (χ3n) is 4.43. The van der Waals surface area contributed by atoms with Crippen LogP contribution in [0.15, 0.2) is 40.3 Å². The molecule has 15 heteroatoms. The highest BCUT2D eigenvalue weighted by molar-refractivity contribution is 7.89. The molecule has 0 aromatic heterocycles. The van der Waals surface area contributed by atoms with Crippen LogP contribution in [0.3, 0.4) is 0 Å². The molecule has 0 unspecified atom stereocenters. The highest BCUT2D eigenvalue weighted by Gasteiger charge is 2.30. The van der Waals surface area contributed by atoms with E-state index in [1.165, 1.54) is 12.1 Å². The van der Waals surface area contributed by atoms with Crippen molar-refractivity contribution in [3.05, 3.63) is 61.1 Å². The van der Waals surface area contributed by atoms with Crippen molar-refractivity contribution in [2.75, 3.05) is 31.7 Å². The van der Waals surface area contributed by atoms with Crippen molar-refractivity contribution in [1.82, 2.24) is 4.31 Å². The van der Waals surface area contributed by atoms with Crippen LogP contribution in [-0.2, 0) is 14.8 Å². The fraction of sp³-hybridized carbons (Fsp3) is 0.235. The first-order valence-electron chi connectivity index (χ1n) is 8.93. The van der Waals surface area contributed by atoms with Crippen LogP contribution < -0.4 is 5.43 Å². The molecule has 0 atom stereocenters. The quantitative estimate of drug-likeness (QED) is 0.338. The first-order chi connectivity index (χ1) is 15.1. The first-order valence-corrected chi connectivity index (χ1v) is 10.8. The number of nitrogens with one attached hydrogen (secondary N) is 1. The maximum Gasteiger partial charge on any atom is 0.312 e. The lowest BCUT2D eigenvalue weighted by molar-refractivity contribution is -0.385. The minimum atomic E-state index is -4.12. The second-order valence-electron chi connectivity index (χ2n) is 6.44. The van der Waals surface area contributed by atoms with E-state index in [1.807, 2.05) is 0 Å². The van der Waals surface area contributed by atoms with E-state index < -0.39 is 37.0 Å². The summed E-state index contributed by atoms with van der Waals surface area (Å²) in [7, 11) is -4.12. The van der Waals surface area contributed by atoms with Gasteiger partial charge in [0.2, 0.25) is 15.8 Å². The predicted octanol–water partition coefficient (Wildman–Crippen LogP) is 2.33. The fourth-order valence-electron chi connectivity index (χ4n) is 2.87. The van der Waals surface area contributed by atoms with Crippen LogP contribution in [0.25, 0.3) is 0 Å². The lowest BCUT2D eigenvalue weighted by atomic mass is 10.2. The predicted molar refractivity (Wildman–Crippen MR) is 114 cm³/mol. The Balaban J connectivity index is 1.97. The van der Waals surface area contributed by atoms with Gasteiger partial charge in [0.05, 0.1) is 35.0 Å². The number of benzene rings is 2. The van der Waals surface area contributed by atoms with Gasteiger partial charge in [0, 0.05) is 41.9 Å². The Bertz CT molecular complexity index is 1200. The van der Waals surface area contributed by atoms with Gasteiger partial charge >= 0.3 is 5.69 Å². The highest BCUT2D eigenvalue weighted by atomic mass is 35.5. The Morgan fingerprint density at radius 2 is 1.84 bits per heavy atom. The average Bonchev–Trinajstić information content (AvgIpc) is 2.76. The monoisotopic (exact) mass is 485 g/mol. The van der Waals surface area contributed by atoms with Crippen molar-refractivity contribution < 1.29 is 28.1 Å². The zero-order valence-corrected chi connectivity index (χ0v) is 17.7. The Morgan fingerprint density at radius 3 is 2.47 bits per heavy atom. The van der Waals surface area contributed by atoms with Crippen LogP contribution >= 0.6 is 11.6 Å². The van der Waals surface area contributed by atoms with Gasteiger partial charge in [-0.05, 0) is 12.1 Å². The molecule has 0 saturated carbocycles. The molecule has 3 rings (SSSR count). The largest absolute Gasteiger partial charge is 0.502 e. The molecular formula is C17H16ClN5O8S. The summed E-state index contributed by atoms with van der Waals surface area (Å²) in [4.78, 5) is 20.2. The molecule has 0 amide bonds. The van der Waals surface area contributed by atoms with Gasteiger partial charge in [0.25, 0.3) is 5.69 Å². The summed E-state index contributed by atoms with van der Waals surface area (Å²) in [6.07, 6.45) is 1.00. The first kappa shape index (κ1) is 23.3. The van der Waals surface area contributed by atoms with Gasteiger partial charge in [-0.15, -0.1) is 0 Å². The van der Waals surface area contributed by atoms with Gasteiger partial charge < -0.3 is 9.84 Å². The van der Waals surface area contributed by atoms with Crippen LogP contribution in [0.5, 0.6) is 5.75 Å². The number of hydrogen-bond donors (Lipinski definition) is 2. The summed E-state index contributed by atoms with van der Waals surface area (Å²) in [6, 6.07) is 5.35. The smallest absolute Gasteiger partial charge is 0.312 e. The summed E-state index contributed by atoms with van der Waals surface area (Å²) >= 11 is 5.82. The zero-order chi connectivity index (χ0) is 23.5. The number of ether oxygens (including phenoxy) is 1. The topological polar surface area (TPSA) is 178 Å². The third kappa shape index (κ3) is 4.94. The van der Waals surface area contributed by atoms with Crippen molar-refractivity contribution in [2.24, 2.45) is 5.10 Å². The molecule has 2 N–H and O–H groups in total. The van der Waals surface area contributed by atoms with Crippen molar-refractivity contribution in [1.29, 1.82) is 0 Å². The molecule has 1 aliphatic heterocycles. The molecule has 0 spiro atoms. The molecule has 2 aromatic carbocycles. The Hall–Kier alpha value is -3.33. The number of nitro groups is 2. The van der Waals surface area contributed by atoms with Gasteiger partial charge in [-0.1, -0.05) is 11.6 Å². The fourth-order valence-corrected chi connectivity index (χ4v) is 4.66. The minimum Gasteiger partial charge on any atom is -0.502 e. The van der Waals surface area contributed by atoms with E-state index in [0.717, 1.165) is 28.7 Å². The van der Waals surface area contributed by atoms with Crippen LogP contribution in [0.1, 0.15) is 5.56 Å².